The predicted molar refractivity (Wildman–Crippen MR) is 449 cm³/mol. The summed E-state index contributed by atoms with van der Waals surface area (Å²) in [7, 11) is 12.8. The molecule has 10 N–H and O–H groups in total. The second-order valence-electron chi connectivity index (χ2n) is 36.4. The van der Waals surface area contributed by atoms with Crippen LogP contribution < -0.4 is 29.9 Å². The Balaban J connectivity index is 0.625. The van der Waals surface area contributed by atoms with E-state index in [1.807, 2.05) is 112 Å². The van der Waals surface area contributed by atoms with Gasteiger partial charge in [-0.2, -0.15) is 0 Å². The number of hydrogen-bond acceptors (Lipinski definition) is 22. The largest absolute Gasteiger partial charge is 0.496 e. The number of nitrogens with one attached hydrogen (secondary N) is 4. The molecule has 20 atom stereocenters. The van der Waals surface area contributed by atoms with Gasteiger partial charge in [-0.1, -0.05) is 110 Å². The van der Waals surface area contributed by atoms with Crippen LogP contribution in [0.3, 0.4) is 0 Å². The number of anilines is 2. The molecule has 20 unspecified atom stereocenters. The van der Waals surface area contributed by atoms with Crippen LogP contribution in [-0.2, 0) is 63.2 Å². The number of ether oxygens (including phenoxy) is 4. The number of H-pyrrole nitrogens is 2. The molecule has 6 fully saturated rings. The van der Waals surface area contributed by atoms with E-state index in [1.165, 1.54) is 35.8 Å². The fourth-order valence-corrected chi connectivity index (χ4v) is 28.7. The molecule has 6 aromatic rings. The van der Waals surface area contributed by atoms with Crippen molar-refractivity contribution in [2.45, 2.75) is 185 Å². The van der Waals surface area contributed by atoms with Crippen molar-refractivity contribution in [3.63, 3.8) is 0 Å². The summed E-state index contributed by atoms with van der Waals surface area (Å²) in [5, 5.41) is 87.6. The highest BCUT2D eigenvalue weighted by atomic mass is 33.1. The summed E-state index contributed by atoms with van der Waals surface area (Å²) in [6.07, 6.45) is 10.7. The first-order valence-corrected chi connectivity index (χ1v) is 44.9. The van der Waals surface area contributed by atoms with Gasteiger partial charge in [0.15, 0.2) is 11.2 Å². The maximum absolute atomic E-state index is 15.8. The molecule has 4 saturated heterocycles. The average Bonchev–Trinajstić information content (AvgIpc) is 1.48. The smallest absolute Gasteiger partial charge is 0.322 e. The minimum Gasteiger partial charge on any atom is -0.496 e. The second-order valence-corrected chi connectivity index (χ2v) is 39.1. The summed E-state index contributed by atoms with van der Waals surface area (Å²) in [6.45, 7) is 14.5. The number of hydrogen-bond donors (Lipinski definition) is 10. The van der Waals surface area contributed by atoms with E-state index in [0.29, 0.717) is 164 Å². The molecule has 2 aromatic heterocycles. The van der Waals surface area contributed by atoms with Gasteiger partial charge in [-0.3, -0.25) is 38.8 Å². The van der Waals surface area contributed by atoms with E-state index in [-0.39, 0.29) is 49.9 Å². The Kier molecular flexibility index (Phi) is 19.8. The highest BCUT2D eigenvalue weighted by Gasteiger charge is 2.81. The van der Waals surface area contributed by atoms with Gasteiger partial charge in [0.05, 0.1) is 51.7 Å². The molecule has 2 aliphatic carbocycles. The van der Waals surface area contributed by atoms with Gasteiger partial charge in [0, 0.05) is 193 Å². The van der Waals surface area contributed by atoms with Crippen molar-refractivity contribution in [1.29, 1.82) is 0 Å². The lowest BCUT2D eigenvalue weighted by atomic mass is 9.47. The number of para-hydroxylation sites is 2. The number of aromatic nitrogens is 2. The summed E-state index contributed by atoms with van der Waals surface area (Å²) < 4.78 is 25.3. The van der Waals surface area contributed by atoms with E-state index >= 15 is 19.2 Å². The van der Waals surface area contributed by atoms with E-state index < -0.39 is 103 Å². The Morgan fingerprint density at radius 2 is 0.931 bits per heavy atom. The molecule has 2 saturated carbocycles. The van der Waals surface area contributed by atoms with Crippen LogP contribution in [0.4, 0.5) is 11.4 Å². The van der Waals surface area contributed by atoms with Crippen molar-refractivity contribution in [2.75, 3.05) is 142 Å². The number of methoxy groups -OCH3 is 4. The topological polar surface area (TPSA) is 302 Å². The third kappa shape index (κ3) is 10.9. The van der Waals surface area contributed by atoms with E-state index in [2.05, 4.69) is 76.6 Å². The minimum atomic E-state index is -2.40. The summed E-state index contributed by atoms with van der Waals surface area (Å²) in [5.74, 6) is -1.05. The van der Waals surface area contributed by atoms with Crippen molar-refractivity contribution in [3.05, 3.63) is 142 Å². The molecule has 26 heteroatoms. The van der Waals surface area contributed by atoms with Gasteiger partial charge in [-0.25, -0.2) is 0 Å². The fourth-order valence-electron chi connectivity index (χ4n) is 26.9. The number of rotatable bonds is 19. The number of fused-ring (bicyclic) bond motifs is 12. The minimum absolute atomic E-state index is 0.113. The number of carbonyl (C=O) groups is 4. The first-order chi connectivity index (χ1) is 55.7. The first kappa shape index (κ1) is 79.9. The lowest BCUT2D eigenvalue weighted by Crippen LogP contribution is -2.81. The number of aliphatic hydroxyl groups excluding tert-OH is 2. The molecule has 116 heavy (non-hydrogen) atoms. The van der Waals surface area contributed by atoms with E-state index in [1.54, 1.807) is 14.2 Å². The standard InChI is InChI=1S/C90H116N10O14S2/c1-11-81(107)45-53-47-87(79(105)113-9,69-57(25-35-97(49-53)51-81)55-21-15-17-23-63(55)93-69)61-41-59-65(43-67(61)111-7)95(5)73-85(59)29-37-99-33-19-27-83(13-3,71(85)99)75(101)89(73,109)77(103)91-31-39-115-116-40-32-92-78(104)90(110)74-86(30-38-100-34-20-28-84(14-4,72(86)100)76(90)102)60-42-62(68(112-8)44-66(60)96(74)6)88(80(106)114-10)48-54-46-82(108,12-2)52-98(50-54)36-26-58-56-22-16-18-24-64(56)94-70(58)88/h15-24,27-28,41-44,53-54,71-76,93-94,101-102,107-110H,11-14,25-26,29-40,45-52H2,1-10H3,(H,91,103)(H,92,104). The molecule has 18 rings (SSSR count). The Morgan fingerprint density at radius 1 is 0.526 bits per heavy atom. The molecule has 12 heterocycles. The quantitative estimate of drug-likeness (QED) is 0.0167. The number of aliphatic hydroxyl groups is 6. The van der Waals surface area contributed by atoms with Crippen LogP contribution in [-0.4, -0.2) is 275 Å². The summed E-state index contributed by atoms with van der Waals surface area (Å²) in [5.41, 5.74) is -4.44. The van der Waals surface area contributed by atoms with Gasteiger partial charge >= 0.3 is 11.9 Å². The zero-order chi connectivity index (χ0) is 81.4. The number of carbonyl (C=O) groups excluding carboxylic acids is 4. The van der Waals surface area contributed by atoms with Gasteiger partial charge in [0.1, 0.15) is 34.5 Å². The molecule has 10 aliphatic heterocycles. The van der Waals surface area contributed by atoms with Crippen LogP contribution in [0.2, 0.25) is 0 Å². The molecule has 12 aliphatic rings. The van der Waals surface area contributed by atoms with Gasteiger partial charge in [0.2, 0.25) is 0 Å². The van der Waals surface area contributed by atoms with Gasteiger partial charge in [0.25, 0.3) is 11.8 Å². The monoisotopic (exact) mass is 1620 g/mol. The lowest BCUT2D eigenvalue weighted by Gasteiger charge is -2.63. The number of amides is 2. The van der Waals surface area contributed by atoms with E-state index in [4.69, 9.17) is 18.9 Å². The molecule has 4 bridgehead atoms. The molecule has 24 nitrogen and oxygen atoms in total. The van der Waals surface area contributed by atoms with Crippen molar-refractivity contribution in [3.8, 4) is 11.5 Å². The third-order valence-corrected chi connectivity index (χ3v) is 33.8. The zero-order valence-electron chi connectivity index (χ0n) is 68.7. The van der Waals surface area contributed by atoms with Crippen LogP contribution in [0.1, 0.15) is 137 Å². The first-order valence-electron chi connectivity index (χ1n) is 42.4. The highest BCUT2D eigenvalue weighted by Crippen LogP contribution is 2.70. The summed E-state index contributed by atoms with van der Waals surface area (Å²) in [4.78, 5) is 84.1. The third-order valence-electron chi connectivity index (χ3n) is 31.4. The molecule has 4 aromatic carbocycles. The van der Waals surface area contributed by atoms with Crippen LogP contribution in [0.25, 0.3) is 21.8 Å². The highest BCUT2D eigenvalue weighted by molar-refractivity contribution is 8.76. The maximum Gasteiger partial charge on any atom is 0.322 e. The second kappa shape index (κ2) is 28.8. The molecule has 0 radical (unpaired) electrons. The summed E-state index contributed by atoms with van der Waals surface area (Å²) >= 11 is 0. The normalized spacial score (nSPS) is 37.7. The Hall–Kier alpha value is -7.18. The number of esters is 2. The average molecular weight is 1630 g/mol. The number of benzene rings is 4. The Morgan fingerprint density at radius 3 is 1.31 bits per heavy atom. The predicted octanol–water partition coefficient (Wildman–Crippen LogP) is 7.12. The summed E-state index contributed by atoms with van der Waals surface area (Å²) in [6, 6.07) is 21.7. The number of likely N-dealkylation sites (N-methyl/N-ethyl adjacent to an activating group) is 2. The Labute approximate surface area is 687 Å². The molecular formula is C90H116N10O14S2. The van der Waals surface area contributed by atoms with Crippen LogP contribution in [0.5, 0.6) is 11.5 Å². The van der Waals surface area contributed by atoms with Gasteiger partial charge in [-0.15, -0.1) is 0 Å². The van der Waals surface area contributed by atoms with Crippen LogP contribution >= 0.6 is 21.6 Å². The SMILES string of the molecule is CCC1(O)CC2CN(CCc3c([nH]c4ccccc34)C(C(=O)OC)(c3cc4c(cc3OC)N(C)C3C(O)(C(=O)NCCSSCCNC(=O)C5(O)C(O)C6(CC)C=CCN7CCC8(c9cc(C%10(C(=O)OC)CC%11CN(CCc%12c%10[nH]c%10ccccc%12%10)CC(O)(CC)C%11)c(OC)cc9N(C)C58)C76)C(O)C5(CC)C=CCN6CCC43C65)C2)C1. The van der Waals surface area contributed by atoms with Crippen LogP contribution in [0.15, 0.2) is 97.1 Å². The van der Waals surface area contributed by atoms with E-state index in [9.17, 15) is 30.6 Å². The molecule has 2 spiro atoms. The number of nitrogens with zero attached hydrogens (tertiary/aromatic N) is 6. The van der Waals surface area contributed by atoms with Gasteiger partial charge < -0.3 is 80.0 Å². The number of aromatic amines is 2. The van der Waals surface area contributed by atoms with Crippen molar-refractivity contribution in [1.82, 2.24) is 40.2 Å². The zero-order valence-corrected chi connectivity index (χ0v) is 70.3. The van der Waals surface area contributed by atoms with Crippen molar-refractivity contribution < 1.29 is 68.8 Å². The Bertz CT molecular complexity index is 4700. The molecular weight excluding hydrogens is 1510 g/mol. The molecule has 2 amide bonds. The fraction of sp³-hybridized carbons (Fsp3) is 0.600. The lowest BCUT2D eigenvalue weighted by molar-refractivity contribution is -0.203. The van der Waals surface area contributed by atoms with E-state index in [0.717, 1.165) is 66.8 Å². The van der Waals surface area contributed by atoms with Gasteiger partial charge in [-0.05, 0) is 148 Å². The van der Waals surface area contributed by atoms with Crippen molar-refractivity contribution in [2.24, 2.45) is 22.7 Å². The number of piperidine rings is 2. The molecule has 622 valence electrons. The van der Waals surface area contributed by atoms with Crippen LogP contribution in [0, 0.1) is 22.7 Å². The van der Waals surface area contributed by atoms with Crippen molar-refractivity contribution >= 4 is 78.5 Å². The maximum atomic E-state index is 15.8.